The minimum Gasteiger partial charge on any atom is -0.385 e. The van der Waals surface area contributed by atoms with E-state index in [-0.39, 0.29) is 5.82 Å². The van der Waals surface area contributed by atoms with Gasteiger partial charge in [-0.2, -0.15) is 0 Å². The Bertz CT molecular complexity index is 634. The highest BCUT2D eigenvalue weighted by Gasteiger charge is 2.33. The van der Waals surface area contributed by atoms with Gasteiger partial charge in [-0.1, -0.05) is 19.1 Å². The van der Waals surface area contributed by atoms with Crippen molar-refractivity contribution < 1.29 is 9.50 Å². The zero-order chi connectivity index (χ0) is 16.3. The Morgan fingerprint density at radius 1 is 1.13 bits per heavy atom. The van der Waals surface area contributed by atoms with Crippen molar-refractivity contribution in [2.45, 2.75) is 38.3 Å². The summed E-state index contributed by atoms with van der Waals surface area (Å²) in [7, 11) is 0. The molecule has 0 amide bonds. The predicted octanol–water partition coefficient (Wildman–Crippen LogP) is 2.66. The molecular weight excluding hydrogens is 293 g/mol. The molecule has 1 saturated heterocycles. The fraction of sp³-hybridized carbons (Fsp3) is 0.444. The third-order valence-electron chi connectivity index (χ3n) is 4.55. The summed E-state index contributed by atoms with van der Waals surface area (Å²) in [5, 5.41) is 10.8. The molecule has 3 rings (SSSR count). The van der Waals surface area contributed by atoms with Gasteiger partial charge in [0.2, 0.25) is 0 Å². The second kappa shape index (κ2) is 6.72. The molecule has 1 fully saturated rings. The number of rotatable bonds is 4. The van der Waals surface area contributed by atoms with Crippen molar-refractivity contribution in [3.63, 3.8) is 0 Å². The minimum atomic E-state index is -0.854. The first-order valence-corrected chi connectivity index (χ1v) is 8.09. The molecule has 2 aromatic rings. The Kier molecular flexibility index (Phi) is 4.68. The van der Waals surface area contributed by atoms with Gasteiger partial charge in [-0.05, 0) is 30.5 Å². The van der Waals surface area contributed by atoms with Gasteiger partial charge in [0.05, 0.1) is 5.60 Å². The van der Waals surface area contributed by atoms with Gasteiger partial charge in [-0.3, -0.25) is 4.90 Å². The number of hydrogen-bond donors (Lipinski definition) is 1. The highest BCUT2D eigenvalue weighted by molar-refractivity contribution is 5.23. The third kappa shape index (κ3) is 3.74. The summed E-state index contributed by atoms with van der Waals surface area (Å²) >= 11 is 0. The smallest absolute Gasteiger partial charge is 0.127 e. The van der Waals surface area contributed by atoms with Crippen molar-refractivity contribution in [2.75, 3.05) is 13.1 Å². The van der Waals surface area contributed by atoms with Crippen LogP contribution < -0.4 is 0 Å². The largest absolute Gasteiger partial charge is 0.385 e. The van der Waals surface area contributed by atoms with Crippen LogP contribution in [-0.2, 0) is 18.6 Å². The zero-order valence-electron chi connectivity index (χ0n) is 13.4. The van der Waals surface area contributed by atoms with Gasteiger partial charge in [0.1, 0.15) is 11.6 Å². The van der Waals surface area contributed by atoms with Crippen LogP contribution in [-0.4, -0.2) is 33.1 Å². The molecule has 2 heterocycles. The Balaban J connectivity index is 1.60. The molecule has 0 bridgehead atoms. The molecule has 0 radical (unpaired) electrons. The van der Waals surface area contributed by atoms with E-state index < -0.39 is 5.60 Å². The first-order valence-electron chi connectivity index (χ1n) is 8.09. The quantitative estimate of drug-likeness (QED) is 0.942. The maximum atomic E-state index is 13.0. The van der Waals surface area contributed by atoms with Crippen molar-refractivity contribution >= 4 is 0 Å². The highest BCUT2D eigenvalue weighted by atomic mass is 19.1. The SMILES string of the molecule is CCc1ncc(CN2CCC(O)(c3ccc(F)cc3)CC2)cn1. The molecule has 0 atom stereocenters. The summed E-state index contributed by atoms with van der Waals surface area (Å²) in [4.78, 5) is 10.9. The summed E-state index contributed by atoms with van der Waals surface area (Å²) in [6.07, 6.45) is 5.90. The van der Waals surface area contributed by atoms with Gasteiger partial charge in [0, 0.05) is 44.0 Å². The van der Waals surface area contributed by atoms with E-state index in [9.17, 15) is 9.50 Å². The third-order valence-corrected chi connectivity index (χ3v) is 4.55. The lowest BCUT2D eigenvalue weighted by atomic mass is 9.84. The Morgan fingerprint density at radius 2 is 1.74 bits per heavy atom. The number of aliphatic hydroxyl groups is 1. The van der Waals surface area contributed by atoms with Crippen molar-refractivity contribution in [3.05, 3.63) is 59.4 Å². The summed E-state index contributed by atoms with van der Waals surface area (Å²) < 4.78 is 13.0. The Hall–Kier alpha value is -1.85. The number of hydrogen-bond acceptors (Lipinski definition) is 4. The summed E-state index contributed by atoms with van der Waals surface area (Å²) in [6.45, 7) is 4.42. The van der Waals surface area contributed by atoms with E-state index in [1.165, 1.54) is 12.1 Å². The van der Waals surface area contributed by atoms with Gasteiger partial charge in [0.25, 0.3) is 0 Å². The molecule has 0 unspecified atom stereocenters. The Morgan fingerprint density at radius 3 is 2.30 bits per heavy atom. The first-order chi connectivity index (χ1) is 11.1. The van der Waals surface area contributed by atoms with Gasteiger partial charge in [-0.25, -0.2) is 14.4 Å². The van der Waals surface area contributed by atoms with Crippen LogP contribution in [0.5, 0.6) is 0 Å². The molecule has 0 saturated carbocycles. The van der Waals surface area contributed by atoms with E-state index in [0.717, 1.165) is 43.0 Å². The fourth-order valence-electron chi connectivity index (χ4n) is 3.03. The summed E-state index contributed by atoms with van der Waals surface area (Å²) in [5.74, 6) is 0.586. The maximum absolute atomic E-state index is 13.0. The molecule has 23 heavy (non-hydrogen) atoms. The molecular formula is C18H22FN3O. The molecule has 5 heteroatoms. The van der Waals surface area contributed by atoms with Gasteiger partial charge in [-0.15, -0.1) is 0 Å². The molecule has 1 N–H and O–H groups in total. The van der Waals surface area contributed by atoms with E-state index in [0.29, 0.717) is 12.8 Å². The second-order valence-electron chi connectivity index (χ2n) is 6.18. The van der Waals surface area contributed by atoms with E-state index in [4.69, 9.17) is 0 Å². The summed E-state index contributed by atoms with van der Waals surface area (Å²) in [6, 6.07) is 6.18. The van der Waals surface area contributed by atoms with E-state index in [2.05, 4.69) is 14.9 Å². The van der Waals surface area contributed by atoms with Crippen LogP contribution in [0.25, 0.3) is 0 Å². The average Bonchev–Trinajstić information content (AvgIpc) is 2.58. The molecule has 1 aromatic carbocycles. The number of aromatic nitrogens is 2. The monoisotopic (exact) mass is 315 g/mol. The highest BCUT2D eigenvalue weighted by Crippen LogP contribution is 2.33. The van der Waals surface area contributed by atoms with Crippen LogP contribution in [0.1, 0.15) is 36.7 Å². The van der Waals surface area contributed by atoms with Crippen molar-refractivity contribution in [1.29, 1.82) is 0 Å². The normalized spacial score (nSPS) is 18.0. The predicted molar refractivity (Wildman–Crippen MR) is 86.2 cm³/mol. The molecule has 1 aliphatic rings. The number of nitrogens with zero attached hydrogens (tertiary/aromatic N) is 3. The van der Waals surface area contributed by atoms with Gasteiger partial charge < -0.3 is 5.11 Å². The van der Waals surface area contributed by atoms with Crippen LogP contribution in [0.2, 0.25) is 0 Å². The van der Waals surface area contributed by atoms with Gasteiger partial charge >= 0.3 is 0 Å². The van der Waals surface area contributed by atoms with Crippen molar-refractivity contribution in [1.82, 2.24) is 14.9 Å². The maximum Gasteiger partial charge on any atom is 0.127 e. The van der Waals surface area contributed by atoms with E-state index >= 15 is 0 Å². The first kappa shape index (κ1) is 16.0. The number of piperidine rings is 1. The van der Waals surface area contributed by atoms with Crippen LogP contribution in [0, 0.1) is 5.82 Å². The van der Waals surface area contributed by atoms with Crippen LogP contribution in [0.4, 0.5) is 4.39 Å². The second-order valence-corrected chi connectivity index (χ2v) is 6.18. The van der Waals surface area contributed by atoms with E-state index in [1.807, 2.05) is 19.3 Å². The molecule has 122 valence electrons. The lowest BCUT2D eigenvalue weighted by Crippen LogP contribution is -2.42. The number of benzene rings is 1. The number of halogens is 1. The lowest BCUT2D eigenvalue weighted by molar-refractivity contribution is -0.0278. The number of aryl methyl sites for hydroxylation is 1. The van der Waals surface area contributed by atoms with Gasteiger partial charge in [0.15, 0.2) is 0 Å². The van der Waals surface area contributed by atoms with E-state index in [1.54, 1.807) is 12.1 Å². The standard InChI is InChI=1S/C18H22FN3O/c1-2-17-20-11-14(12-21-17)13-22-9-7-18(23,8-10-22)15-3-5-16(19)6-4-15/h3-6,11-12,23H,2,7-10,13H2,1H3. The summed E-state index contributed by atoms with van der Waals surface area (Å²) in [5.41, 5.74) is 1.04. The average molecular weight is 315 g/mol. The van der Waals surface area contributed by atoms with Crippen molar-refractivity contribution in [3.8, 4) is 0 Å². The zero-order valence-corrected chi connectivity index (χ0v) is 13.4. The molecule has 0 spiro atoms. The minimum absolute atomic E-state index is 0.273. The van der Waals surface area contributed by atoms with Crippen LogP contribution in [0.3, 0.4) is 0 Å². The molecule has 1 aliphatic heterocycles. The molecule has 0 aliphatic carbocycles. The topological polar surface area (TPSA) is 49.2 Å². The molecule has 4 nitrogen and oxygen atoms in total. The molecule has 1 aromatic heterocycles. The fourth-order valence-corrected chi connectivity index (χ4v) is 3.03. The van der Waals surface area contributed by atoms with Crippen LogP contribution >= 0.6 is 0 Å². The Labute approximate surface area is 136 Å². The number of likely N-dealkylation sites (tertiary alicyclic amines) is 1. The van der Waals surface area contributed by atoms with Crippen LogP contribution in [0.15, 0.2) is 36.7 Å². The van der Waals surface area contributed by atoms with Crippen molar-refractivity contribution in [2.24, 2.45) is 0 Å². The lowest BCUT2D eigenvalue weighted by Gasteiger charge is -2.38.